The molecule has 2 aliphatic rings. The number of amides is 1. The van der Waals surface area contributed by atoms with Crippen molar-refractivity contribution in [2.75, 3.05) is 31.9 Å². The lowest BCUT2D eigenvalue weighted by atomic mass is 10.1. The Labute approximate surface area is 177 Å². The van der Waals surface area contributed by atoms with Crippen LogP contribution in [-0.2, 0) is 11.3 Å². The first-order valence-corrected chi connectivity index (χ1v) is 11.9. The van der Waals surface area contributed by atoms with Crippen molar-refractivity contribution in [2.24, 2.45) is 0 Å². The van der Waals surface area contributed by atoms with Crippen LogP contribution in [0.25, 0.3) is 5.69 Å². The molecule has 1 aromatic carbocycles. The Balaban J connectivity index is 1.49. The SMILES string of the molecule is O=C(CSc1nnc(CN2CCCCC2)n1-c1ccccc1)N1CCCCCC1. The summed E-state index contributed by atoms with van der Waals surface area (Å²) < 4.78 is 2.13. The fraction of sp³-hybridized carbons (Fsp3) is 0.591. The Hall–Kier alpha value is -1.86. The molecular formula is C22H31N5OS. The monoisotopic (exact) mass is 413 g/mol. The summed E-state index contributed by atoms with van der Waals surface area (Å²) in [5.41, 5.74) is 1.06. The molecule has 0 unspecified atom stereocenters. The Morgan fingerprint density at radius 2 is 1.52 bits per heavy atom. The van der Waals surface area contributed by atoms with E-state index in [2.05, 4.69) is 31.8 Å². The van der Waals surface area contributed by atoms with Crippen LogP contribution in [0.5, 0.6) is 0 Å². The van der Waals surface area contributed by atoms with Crippen LogP contribution in [-0.4, -0.2) is 62.4 Å². The molecular weight excluding hydrogens is 382 g/mol. The number of carbonyl (C=O) groups excluding carboxylic acids is 1. The fourth-order valence-electron chi connectivity index (χ4n) is 4.19. The second-order valence-corrected chi connectivity index (χ2v) is 8.93. The predicted octanol–water partition coefficient (Wildman–Crippen LogP) is 3.75. The van der Waals surface area contributed by atoms with Crippen molar-refractivity contribution in [3.05, 3.63) is 36.2 Å². The summed E-state index contributed by atoms with van der Waals surface area (Å²) in [4.78, 5) is 17.2. The molecule has 7 heteroatoms. The topological polar surface area (TPSA) is 54.3 Å². The summed E-state index contributed by atoms with van der Waals surface area (Å²) in [6, 6.07) is 10.3. The van der Waals surface area contributed by atoms with Crippen LogP contribution in [0, 0.1) is 0 Å². The summed E-state index contributed by atoms with van der Waals surface area (Å²) in [5, 5.41) is 9.80. The lowest BCUT2D eigenvalue weighted by molar-refractivity contribution is -0.128. The number of hydrogen-bond donors (Lipinski definition) is 0. The van der Waals surface area contributed by atoms with Crippen molar-refractivity contribution < 1.29 is 4.79 Å². The summed E-state index contributed by atoms with van der Waals surface area (Å²) in [5.74, 6) is 1.61. The number of rotatable bonds is 6. The molecule has 2 saturated heterocycles. The number of benzene rings is 1. The molecule has 0 N–H and O–H groups in total. The molecule has 0 radical (unpaired) electrons. The second-order valence-electron chi connectivity index (χ2n) is 7.99. The van der Waals surface area contributed by atoms with E-state index >= 15 is 0 Å². The first-order chi connectivity index (χ1) is 14.3. The smallest absolute Gasteiger partial charge is 0.233 e. The number of aromatic nitrogens is 3. The van der Waals surface area contributed by atoms with Gasteiger partial charge in [-0.05, 0) is 50.9 Å². The van der Waals surface area contributed by atoms with Gasteiger partial charge in [0.2, 0.25) is 5.91 Å². The third-order valence-electron chi connectivity index (χ3n) is 5.81. The van der Waals surface area contributed by atoms with Crippen molar-refractivity contribution in [1.82, 2.24) is 24.6 Å². The Kier molecular flexibility index (Phi) is 7.22. The highest BCUT2D eigenvalue weighted by Gasteiger charge is 2.21. The summed E-state index contributed by atoms with van der Waals surface area (Å²) in [7, 11) is 0. The van der Waals surface area contributed by atoms with Gasteiger partial charge in [0.15, 0.2) is 11.0 Å². The summed E-state index contributed by atoms with van der Waals surface area (Å²) in [6.07, 6.45) is 8.55. The quantitative estimate of drug-likeness (QED) is 0.675. The van der Waals surface area contributed by atoms with E-state index in [0.717, 1.165) is 62.2 Å². The third-order valence-corrected chi connectivity index (χ3v) is 6.73. The van der Waals surface area contributed by atoms with Crippen molar-refractivity contribution in [1.29, 1.82) is 0 Å². The van der Waals surface area contributed by atoms with Gasteiger partial charge in [-0.25, -0.2) is 0 Å². The van der Waals surface area contributed by atoms with Crippen LogP contribution in [0.4, 0.5) is 0 Å². The van der Waals surface area contributed by atoms with Crippen LogP contribution in [0.1, 0.15) is 50.8 Å². The summed E-state index contributed by atoms with van der Waals surface area (Å²) >= 11 is 1.51. The van der Waals surface area contributed by atoms with E-state index in [1.165, 1.54) is 43.9 Å². The molecule has 0 atom stereocenters. The number of piperidine rings is 1. The van der Waals surface area contributed by atoms with Crippen LogP contribution < -0.4 is 0 Å². The maximum absolute atomic E-state index is 12.7. The number of nitrogens with zero attached hydrogens (tertiary/aromatic N) is 5. The Morgan fingerprint density at radius 3 is 2.24 bits per heavy atom. The first-order valence-electron chi connectivity index (χ1n) is 10.9. The zero-order chi connectivity index (χ0) is 19.9. The van der Waals surface area contributed by atoms with Crippen LogP contribution in [0.3, 0.4) is 0 Å². The van der Waals surface area contributed by atoms with Gasteiger partial charge in [0.25, 0.3) is 0 Å². The molecule has 0 aliphatic carbocycles. The number of para-hydroxylation sites is 1. The minimum Gasteiger partial charge on any atom is -0.342 e. The van der Waals surface area contributed by atoms with Crippen molar-refractivity contribution >= 4 is 17.7 Å². The van der Waals surface area contributed by atoms with Gasteiger partial charge >= 0.3 is 0 Å². The molecule has 6 nitrogen and oxygen atoms in total. The molecule has 0 saturated carbocycles. The van der Waals surface area contributed by atoms with E-state index < -0.39 is 0 Å². The molecule has 1 amide bonds. The Morgan fingerprint density at radius 1 is 0.862 bits per heavy atom. The molecule has 156 valence electrons. The van der Waals surface area contributed by atoms with Gasteiger partial charge in [0, 0.05) is 18.8 Å². The van der Waals surface area contributed by atoms with Crippen molar-refractivity contribution in [3.63, 3.8) is 0 Å². The van der Waals surface area contributed by atoms with Crippen LogP contribution in [0.2, 0.25) is 0 Å². The van der Waals surface area contributed by atoms with E-state index in [4.69, 9.17) is 0 Å². The number of thioether (sulfide) groups is 1. The zero-order valence-corrected chi connectivity index (χ0v) is 17.9. The molecule has 0 bridgehead atoms. The normalized spacial score (nSPS) is 18.6. The maximum atomic E-state index is 12.7. The van der Waals surface area contributed by atoms with E-state index in [1.807, 2.05) is 23.1 Å². The van der Waals surface area contributed by atoms with Crippen molar-refractivity contribution in [2.45, 2.75) is 56.6 Å². The van der Waals surface area contributed by atoms with E-state index in [-0.39, 0.29) is 5.91 Å². The van der Waals surface area contributed by atoms with Gasteiger partial charge in [-0.2, -0.15) is 0 Å². The minimum absolute atomic E-state index is 0.220. The molecule has 0 spiro atoms. The van der Waals surface area contributed by atoms with E-state index in [1.54, 1.807) is 0 Å². The number of likely N-dealkylation sites (tertiary alicyclic amines) is 2. The third kappa shape index (κ3) is 5.39. The largest absolute Gasteiger partial charge is 0.342 e. The average molecular weight is 414 g/mol. The molecule has 29 heavy (non-hydrogen) atoms. The molecule has 2 aromatic rings. The van der Waals surface area contributed by atoms with Gasteiger partial charge in [0.05, 0.1) is 12.3 Å². The highest BCUT2D eigenvalue weighted by Crippen LogP contribution is 2.24. The Bertz CT molecular complexity index is 780. The van der Waals surface area contributed by atoms with Gasteiger partial charge < -0.3 is 4.90 Å². The van der Waals surface area contributed by atoms with Gasteiger partial charge in [0.1, 0.15) is 0 Å². The highest BCUT2D eigenvalue weighted by molar-refractivity contribution is 7.99. The number of hydrogen-bond acceptors (Lipinski definition) is 5. The lowest BCUT2D eigenvalue weighted by Gasteiger charge is -2.26. The number of carbonyl (C=O) groups is 1. The van der Waals surface area contributed by atoms with Crippen molar-refractivity contribution in [3.8, 4) is 5.69 Å². The molecule has 1 aromatic heterocycles. The fourth-order valence-corrected chi connectivity index (χ4v) is 5.06. The van der Waals surface area contributed by atoms with Crippen LogP contribution in [0.15, 0.2) is 35.5 Å². The molecule has 2 fully saturated rings. The maximum Gasteiger partial charge on any atom is 0.233 e. The second kappa shape index (κ2) is 10.3. The molecule has 3 heterocycles. The predicted molar refractivity (Wildman–Crippen MR) is 116 cm³/mol. The molecule has 2 aliphatic heterocycles. The zero-order valence-electron chi connectivity index (χ0n) is 17.1. The average Bonchev–Trinajstić information content (AvgIpc) is 2.97. The first kappa shape index (κ1) is 20.4. The minimum atomic E-state index is 0.220. The molecule has 4 rings (SSSR count). The van der Waals surface area contributed by atoms with E-state index in [0.29, 0.717) is 5.75 Å². The standard InChI is InChI=1S/C22H31N5OS/c28-21(26-15-9-1-2-10-16-26)18-29-22-24-23-20(17-25-13-7-4-8-14-25)27(22)19-11-5-3-6-12-19/h3,5-6,11-12H,1-2,4,7-10,13-18H2. The van der Waals surface area contributed by atoms with Gasteiger partial charge in [-0.1, -0.05) is 49.2 Å². The summed E-state index contributed by atoms with van der Waals surface area (Å²) in [6.45, 7) is 4.84. The van der Waals surface area contributed by atoms with Gasteiger partial charge in [-0.3, -0.25) is 14.3 Å². The lowest BCUT2D eigenvalue weighted by Crippen LogP contribution is -2.33. The van der Waals surface area contributed by atoms with E-state index in [9.17, 15) is 4.79 Å². The van der Waals surface area contributed by atoms with Crippen LogP contribution >= 0.6 is 11.8 Å². The van der Waals surface area contributed by atoms with Gasteiger partial charge in [-0.15, -0.1) is 10.2 Å². The highest BCUT2D eigenvalue weighted by atomic mass is 32.2.